The fraction of sp³-hybridized carbons (Fsp3) is 0.900. The van der Waals surface area contributed by atoms with Gasteiger partial charge in [-0.15, -0.1) is 0 Å². The van der Waals surface area contributed by atoms with Gasteiger partial charge in [0.2, 0.25) is 0 Å². The molecule has 0 unspecified atom stereocenters. The van der Waals surface area contributed by atoms with E-state index < -0.39 is 0 Å². The maximum absolute atomic E-state index is 11.0. The van der Waals surface area contributed by atoms with Crippen LogP contribution in [0, 0.1) is 5.92 Å². The lowest BCUT2D eigenvalue weighted by molar-refractivity contribution is -0.116. The van der Waals surface area contributed by atoms with Gasteiger partial charge in [-0.3, -0.25) is 4.79 Å². The zero-order valence-electron chi connectivity index (χ0n) is 7.52. The van der Waals surface area contributed by atoms with E-state index in [1.54, 1.807) is 0 Å². The topological polar surface area (TPSA) is 17.1 Å². The van der Waals surface area contributed by atoms with E-state index >= 15 is 0 Å². The van der Waals surface area contributed by atoms with Gasteiger partial charge >= 0.3 is 0 Å². The smallest absolute Gasteiger partial charge is 0.143 e. The maximum Gasteiger partial charge on any atom is 0.143 e. The second kappa shape index (κ2) is 5.74. The predicted molar refractivity (Wildman–Crippen MR) is 54.6 cm³/mol. The van der Waals surface area contributed by atoms with E-state index in [4.69, 9.17) is 0 Å². The van der Waals surface area contributed by atoms with Crippen molar-refractivity contribution in [2.75, 3.05) is 5.33 Å². The van der Waals surface area contributed by atoms with Crippen LogP contribution >= 0.6 is 15.9 Å². The number of hydrogen-bond donors (Lipinski definition) is 0. The van der Waals surface area contributed by atoms with Crippen LogP contribution in [0.3, 0.4) is 0 Å². The molecule has 70 valence electrons. The highest BCUT2D eigenvalue weighted by molar-refractivity contribution is 9.09. The van der Waals surface area contributed by atoms with Crippen LogP contribution in [0.25, 0.3) is 0 Å². The Morgan fingerprint density at radius 3 is 2.50 bits per heavy atom. The molecule has 0 aromatic heterocycles. The second-order valence-corrected chi connectivity index (χ2v) is 4.28. The van der Waals surface area contributed by atoms with Crippen LogP contribution in [0.5, 0.6) is 0 Å². The number of hydrogen-bond acceptors (Lipinski definition) is 1. The molecule has 0 aromatic rings. The molecule has 1 fully saturated rings. The molecule has 0 atom stereocenters. The zero-order valence-corrected chi connectivity index (χ0v) is 9.11. The van der Waals surface area contributed by atoms with Crippen LogP contribution in [0.4, 0.5) is 0 Å². The predicted octanol–water partition coefficient (Wildman–Crippen LogP) is 3.31. The molecule has 0 N–H and O–H groups in total. The van der Waals surface area contributed by atoms with Crippen molar-refractivity contribution in [3.63, 3.8) is 0 Å². The van der Waals surface area contributed by atoms with E-state index in [9.17, 15) is 4.79 Å². The number of ketones is 1. The molecule has 0 radical (unpaired) electrons. The summed E-state index contributed by atoms with van der Waals surface area (Å²) in [5, 5.41) is 0.541. The van der Waals surface area contributed by atoms with E-state index in [-0.39, 0.29) is 0 Å². The summed E-state index contributed by atoms with van der Waals surface area (Å²) < 4.78 is 0. The fourth-order valence-electron chi connectivity index (χ4n) is 1.91. The van der Waals surface area contributed by atoms with E-state index in [1.165, 1.54) is 32.1 Å². The monoisotopic (exact) mass is 232 g/mol. The molecule has 1 saturated carbocycles. The van der Waals surface area contributed by atoms with Crippen LogP contribution in [-0.4, -0.2) is 11.1 Å². The summed E-state index contributed by atoms with van der Waals surface area (Å²) >= 11 is 3.19. The molecular weight excluding hydrogens is 216 g/mol. The first kappa shape index (κ1) is 10.2. The third kappa shape index (κ3) is 3.70. The summed E-state index contributed by atoms with van der Waals surface area (Å²) in [4.78, 5) is 11.0. The molecule has 0 saturated heterocycles. The maximum atomic E-state index is 11.0. The number of carbonyl (C=O) groups excluding carboxylic acids is 1. The van der Waals surface area contributed by atoms with E-state index in [2.05, 4.69) is 15.9 Å². The van der Waals surface area contributed by atoms with Gasteiger partial charge in [0.15, 0.2) is 0 Å². The molecule has 0 bridgehead atoms. The van der Waals surface area contributed by atoms with Gasteiger partial charge in [-0.25, -0.2) is 0 Å². The lowest BCUT2D eigenvalue weighted by Gasteiger charge is -2.20. The average molecular weight is 233 g/mol. The Kier molecular flexibility index (Phi) is 4.89. The summed E-state index contributed by atoms with van der Waals surface area (Å²) in [6.45, 7) is 0. The van der Waals surface area contributed by atoms with Crippen LogP contribution in [0.2, 0.25) is 0 Å². The van der Waals surface area contributed by atoms with Crippen LogP contribution < -0.4 is 0 Å². The SMILES string of the molecule is O=C(CBr)CCC1CCCCC1. The highest BCUT2D eigenvalue weighted by Gasteiger charge is 2.13. The Labute approximate surface area is 83.0 Å². The van der Waals surface area contributed by atoms with Crippen LogP contribution in [0.15, 0.2) is 0 Å². The van der Waals surface area contributed by atoms with Crippen LogP contribution in [-0.2, 0) is 4.79 Å². The fourth-order valence-corrected chi connectivity index (χ4v) is 2.19. The summed E-state index contributed by atoms with van der Waals surface area (Å²) in [7, 11) is 0. The molecule has 2 heteroatoms. The van der Waals surface area contributed by atoms with Gasteiger partial charge in [0, 0.05) is 6.42 Å². The molecule has 0 aromatic carbocycles. The first-order chi connectivity index (χ1) is 5.83. The number of alkyl halides is 1. The summed E-state index contributed by atoms with van der Waals surface area (Å²) in [5.41, 5.74) is 0. The molecule has 12 heavy (non-hydrogen) atoms. The first-order valence-electron chi connectivity index (χ1n) is 4.90. The molecular formula is C10H17BrO. The van der Waals surface area contributed by atoms with Crippen molar-refractivity contribution >= 4 is 21.7 Å². The van der Waals surface area contributed by atoms with Crippen molar-refractivity contribution in [2.24, 2.45) is 5.92 Å². The highest BCUT2D eigenvalue weighted by Crippen LogP contribution is 2.27. The Hall–Kier alpha value is 0.150. The Bertz CT molecular complexity index is 139. The average Bonchev–Trinajstić information content (AvgIpc) is 2.16. The molecule has 0 aliphatic heterocycles. The third-order valence-corrected chi connectivity index (χ3v) is 3.33. The summed E-state index contributed by atoms with van der Waals surface area (Å²) in [6.07, 6.45) is 8.80. The van der Waals surface area contributed by atoms with Gasteiger partial charge < -0.3 is 0 Å². The van der Waals surface area contributed by atoms with Crippen molar-refractivity contribution < 1.29 is 4.79 Å². The molecule has 1 nitrogen and oxygen atoms in total. The quantitative estimate of drug-likeness (QED) is 0.681. The minimum absolute atomic E-state index is 0.362. The van der Waals surface area contributed by atoms with Crippen LogP contribution in [0.1, 0.15) is 44.9 Å². The molecule has 1 aliphatic carbocycles. The second-order valence-electron chi connectivity index (χ2n) is 3.72. The van der Waals surface area contributed by atoms with Gasteiger partial charge in [0.05, 0.1) is 5.33 Å². The van der Waals surface area contributed by atoms with Crippen molar-refractivity contribution in [2.45, 2.75) is 44.9 Å². The van der Waals surface area contributed by atoms with E-state index in [1.807, 2.05) is 0 Å². The van der Waals surface area contributed by atoms with Gasteiger partial charge in [0.1, 0.15) is 5.78 Å². The Balaban J connectivity index is 2.09. The van der Waals surface area contributed by atoms with E-state index in [0.29, 0.717) is 11.1 Å². The van der Waals surface area contributed by atoms with Crippen molar-refractivity contribution in [1.29, 1.82) is 0 Å². The number of carbonyl (C=O) groups is 1. The first-order valence-corrected chi connectivity index (χ1v) is 6.02. The van der Waals surface area contributed by atoms with Gasteiger partial charge in [-0.1, -0.05) is 48.0 Å². The summed E-state index contributed by atoms with van der Waals surface area (Å²) in [5.74, 6) is 1.21. The largest absolute Gasteiger partial charge is 0.299 e. The summed E-state index contributed by atoms with van der Waals surface area (Å²) in [6, 6.07) is 0. The lowest BCUT2D eigenvalue weighted by atomic mass is 9.86. The van der Waals surface area contributed by atoms with E-state index in [0.717, 1.165) is 18.8 Å². The van der Waals surface area contributed by atoms with Gasteiger partial charge in [0.25, 0.3) is 0 Å². The zero-order chi connectivity index (χ0) is 8.81. The number of halogens is 1. The molecule has 1 aliphatic rings. The number of rotatable bonds is 4. The van der Waals surface area contributed by atoms with Gasteiger partial charge in [-0.05, 0) is 12.3 Å². The normalized spacial score (nSPS) is 19.4. The Morgan fingerprint density at radius 2 is 1.92 bits per heavy atom. The van der Waals surface area contributed by atoms with Crippen molar-refractivity contribution in [3.05, 3.63) is 0 Å². The van der Waals surface area contributed by atoms with Crippen molar-refractivity contribution in [3.8, 4) is 0 Å². The van der Waals surface area contributed by atoms with Crippen molar-refractivity contribution in [1.82, 2.24) is 0 Å². The number of Topliss-reactive ketones (excluding diaryl/α,β-unsaturated/α-hetero) is 1. The minimum atomic E-state index is 0.362. The lowest BCUT2D eigenvalue weighted by Crippen LogP contribution is -2.09. The Morgan fingerprint density at radius 1 is 1.25 bits per heavy atom. The standard InChI is InChI=1S/C10H17BrO/c11-8-10(12)7-6-9-4-2-1-3-5-9/h9H,1-8H2. The molecule has 0 amide bonds. The highest BCUT2D eigenvalue weighted by atomic mass is 79.9. The third-order valence-electron chi connectivity index (χ3n) is 2.71. The van der Waals surface area contributed by atoms with Gasteiger partial charge in [-0.2, -0.15) is 0 Å². The molecule has 1 rings (SSSR count). The molecule has 0 heterocycles. The molecule has 0 spiro atoms. The minimum Gasteiger partial charge on any atom is -0.299 e.